The second-order valence-electron chi connectivity index (χ2n) is 4.14. The zero-order valence-corrected chi connectivity index (χ0v) is 9.13. The van der Waals surface area contributed by atoms with E-state index in [4.69, 9.17) is 0 Å². The molecule has 16 heavy (non-hydrogen) atoms. The summed E-state index contributed by atoms with van der Waals surface area (Å²) in [4.78, 5) is 4.48. The smallest absolute Gasteiger partial charge is 0.130 e. The molecule has 1 N–H and O–H groups in total. The van der Waals surface area contributed by atoms with Gasteiger partial charge >= 0.3 is 0 Å². The number of benzene rings is 1. The third-order valence-corrected chi connectivity index (χ3v) is 3.08. The van der Waals surface area contributed by atoms with Crippen LogP contribution in [0, 0.1) is 0 Å². The van der Waals surface area contributed by atoms with Crippen molar-refractivity contribution in [2.45, 2.75) is 18.9 Å². The van der Waals surface area contributed by atoms with E-state index in [0.717, 1.165) is 12.4 Å². The van der Waals surface area contributed by atoms with Gasteiger partial charge in [0.1, 0.15) is 5.82 Å². The van der Waals surface area contributed by atoms with Gasteiger partial charge < -0.3 is 9.88 Å². The maximum atomic E-state index is 4.48. The van der Waals surface area contributed by atoms with Crippen LogP contribution in [0.25, 0.3) is 5.69 Å². The average Bonchev–Trinajstić information content (AvgIpc) is 3.01. The first-order valence-electron chi connectivity index (χ1n) is 5.77. The molecule has 2 aromatic rings. The molecule has 82 valence electrons. The normalized spacial score (nSPS) is 20.1. The van der Waals surface area contributed by atoms with Crippen molar-refractivity contribution in [1.29, 1.82) is 0 Å². The topological polar surface area (TPSA) is 29.9 Å². The Labute approximate surface area is 95.1 Å². The van der Waals surface area contributed by atoms with Gasteiger partial charge in [-0.25, -0.2) is 4.98 Å². The molecule has 0 spiro atoms. The van der Waals surface area contributed by atoms with Crippen LogP contribution in [0.2, 0.25) is 0 Å². The molecule has 0 unspecified atom stereocenters. The van der Waals surface area contributed by atoms with Crippen molar-refractivity contribution in [3.05, 3.63) is 48.5 Å². The van der Waals surface area contributed by atoms with Crippen LogP contribution in [0.1, 0.15) is 24.7 Å². The van der Waals surface area contributed by atoms with E-state index >= 15 is 0 Å². The number of hydrogen-bond donors (Lipinski definition) is 1. The van der Waals surface area contributed by atoms with E-state index in [2.05, 4.69) is 39.1 Å². The minimum Gasteiger partial charge on any atom is -0.307 e. The third kappa shape index (κ3) is 1.63. The highest BCUT2D eigenvalue weighted by Gasteiger charge is 2.20. The number of hydrogen-bond acceptors (Lipinski definition) is 2. The minimum absolute atomic E-state index is 0.412. The van der Waals surface area contributed by atoms with Crippen LogP contribution < -0.4 is 5.32 Å². The third-order valence-electron chi connectivity index (χ3n) is 3.08. The highest BCUT2D eigenvalue weighted by atomic mass is 15.1. The van der Waals surface area contributed by atoms with Gasteiger partial charge in [0.05, 0.1) is 6.04 Å². The van der Waals surface area contributed by atoms with Crippen LogP contribution in [0.3, 0.4) is 0 Å². The first-order valence-corrected chi connectivity index (χ1v) is 5.77. The van der Waals surface area contributed by atoms with Gasteiger partial charge in [-0.3, -0.25) is 0 Å². The Morgan fingerprint density at radius 1 is 1.25 bits per heavy atom. The lowest BCUT2D eigenvalue weighted by molar-refractivity contribution is 0.595. The Morgan fingerprint density at radius 2 is 2.12 bits per heavy atom. The van der Waals surface area contributed by atoms with Gasteiger partial charge in [0.15, 0.2) is 0 Å². The molecule has 3 rings (SSSR count). The first kappa shape index (κ1) is 9.60. The van der Waals surface area contributed by atoms with Crippen LogP contribution in [0.4, 0.5) is 0 Å². The molecule has 3 heteroatoms. The van der Waals surface area contributed by atoms with E-state index in [1.807, 2.05) is 18.5 Å². The molecule has 1 aliphatic heterocycles. The Balaban J connectivity index is 1.99. The number of para-hydroxylation sites is 1. The molecule has 0 aliphatic carbocycles. The zero-order valence-electron chi connectivity index (χ0n) is 9.13. The fraction of sp³-hybridized carbons (Fsp3) is 0.308. The monoisotopic (exact) mass is 213 g/mol. The fourth-order valence-corrected chi connectivity index (χ4v) is 2.28. The average molecular weight is 213 g/mol. The summed E-state index contributed by atoms with van der Waals surface area (Å²) < 4.78 is 2.17. The Hall–Kier alpha value is -1.61. The van der Waals surface area contributed by atoms with Gasteiger partial charge in [0, 0.05) is 18.1 Å². The molecule has 0 saturated carbocycles. The van der Waals surface area contributed by atoms with E-state index in [0.29, 0.717) is 6.04 Å². The van der Waals surface area contributed by atoms with E-state index < -0.39 is 0 Å². The first-order chi connectivity index (χ1) is 7.95. The van der Waals surface area contributed by atoms with E-state index in [9.17, 15) is 0 Å². The number of nitrogens with one attached hydrogen (secondary N) is 1. The maximum absolute atomic E-state index is 4.48. The van der Waals surface area contributed by atoms with Crippen LogP contribution >= 0.6 is 0 Å². The fourth-order valence-electron chi connectivity index (χ4n) is 2.28. The van der Waals surface area contributed by atoms with Crippen molar-refractivity contribution < 1.29 is 0 Å². The van der Waals surface area contributed by atoms with Crippen molar-refractivity contribution in [2.75, 3.05) is 6.54 Å². The molecule has 1 fully saturated rings. The lowest BCUT2D eigenvalue weighted by Crippen LogP contribution is -2.17. The summed E-state index contributed by atoms with van der Waals surface area (Å²) in [7, 11) is 0. The molecule has 1 aliphatic rings. The maximum Gasteiger partial charge on any atom is 0.130 e. The largest absolute Gasteiger partial charge is 0.307 e. The molecule has 1 aromatic carbocycles. The highest BCUT2D eigenvalue weighted by molar-refractivity contribution is 5.33. The molecule has 2 heterocycles. The van der Waals surface area contributed by atoms with Gasteiger partial charge in [0.2, 0.25) is 0 Å². The molecule has 1 saturated heterocycles. The number of imidazole rings is 1. The molecule has 0 bridgehead atoms. The Kier molecular flexibility index (Phi) is 2.46. The predicted octanol–water partition coefficient (Wildman–Crippen LogP) is 2.30. The summed E-state index contributed by atoms with van der Waals surface area (Å²) in [5.41, 5.74) is 1.18. The molecular formula is C13H15N3. The van der Waals surface area contributed by atoms with Crippen molar-refractivity contribution in [3.63, 3.8) is 0 Å². The van der Waals surface area contributed by atoms with Crippen LogP contribution in [0.15, 0.2) is 42.7 Å². The number of rotatable bonds is 2. The van der Waals surface area contributed by atoms with Gasteiger partial charge in [-0.2, -0.15) is 0 Å². The summed E-state index contributed by atoms with van der Waals surface area (Å²) in [5.74, 6) is 1.13. The summed E-state index contributed by atoms with van der Waals surface area (Å²) in [6.45, 7) is 1.10. The van der Waals surface area contributed by atoms with E-state index in [1.54, 1.807) is 0 Å². The van der Waals surface area contributed by atoms with Crippen molar-refractivity contribution in [2.24, 2.45) is 0 Å². The van der Waals surface area contributed by atoms with Gasteiger partial charge in [-0.1, -0.05) is 18.2 Å². The minimum atomic E-state index is 0.412. The Morgan fingerprint density at radius 3 is 2.88 bits per heavy atom. The summed E-state index contributed by atoms with van der Waals surface area (Å²) in [5, 5.41) is 3.49. The lowest BCUT2D eigenvalue weighted by atomic mass is 10.2. The molecule has 0 amide bonds. The molecule has 1 atom stereocenters. The zero-order chi connectivity index (χ0) is 10.8. The highest BCUT2D eigenvalue weighted by Crippen LogP contribution is 2.23. The lowest BCUT2D eigenvalue weighted by Gasteiger charge is -2.13. The van der Waals surface area contributed by atoms with E-state index in [-0.39, 0.29) is 0 Å². The second-order valence-corrected chi connectivity index (χ2v) is 4.14. The quantitative estimate of drug-likeness (QED) is 0.829. The summed E-state index contributed by atoms with van der Waals surface area (Å²) in [6, 6.07) is 10.8. The standard InChI is InChI=1S/C13H15N3/c1-2-5-11(6-3-1)16-10-9-15-13(16)12-7-4-8-14-12/h1-3,5-6,9-10,12,14H,4,7-8H2/t12-/m0/s1. The summed E-state index contributed by atoms with van der Waals surface area (Å²) >= 11 is 0. The van der Waals surface area contributed by atoms with Crippen molar-refractivity contribution in [3.8, 4) is 5.69 Å². The SMILES string of the molecule is c1ccc(-n2ccnc2[C@@H]2CCCN2)cc1. The second kappa shape index (κ2) is 4.10. The summed E-state index contributed by atoms with van der Waals surface area (Å²) in [6.07, 6.45) is 6.34. The number of aromatic nitrogens is 2. The molecular weight excluding hydrogens is 198 g/mol. The molecule has 1 aromatic heterocycles. The Bertz CT molecular complexity index is 455. The van der Waals surface area contributed by atoms with Crippen molar-refractivity contribution in [1.82, 2.24) is 14.9 Å². The van der Waals surface area contributed by atoms with Crippen molar-refractivity contribution >= 4 is 0 Å². The predicted molar refractivity (Wildman–Crippen MR) is 63.5 cm³/mol. The molecule has 3 nitrogen and oxygen atoms in total. The van der Waals surface area contributed by atoms with E-state index in [1.165, 1.54) is 18.5 Å². The van der Waals surface area contributed by atoms with Gasteiger partial charge in [-0.15, -0.1) is 0 Å². The van der Waals surface area contributed by atoms with Crippen LogP contribution in [-0.2, 0) is 0 Å². The van der Waals surface area contributed by atoms with Gasteiger partial charge in [-0.05, 0) is 31.5 Å². The van der Waals surface area contributed by atoms with Gasteiger partial charge in [0.25, 0.3) is 0 Å². The van der Waals surface area contributed by atoms with Crippen LogP contribution in [-0.4, -0.2) is 16.1 Å². The molecule has 0 radical (unpaired) electrons. The van der Waals surface area contributed by atoms with Crippen LogP contribution in [0.5, 0.6) is 0 Å². The number of nitrogens with zero attached hydrogens (tertiary/aromatic N) is 2.